The van der Waals surface area contributed by atoms with Crippen LogP contribution in [0.1, 0.15) is 39.7 Å². The molecular weight excluding hydrogens is 270 g/mol. The van der Waals surface area contributed by atoms with Crippen LogP contribution in [-0.2, 0) is 12.1 Å². The summed E-state index contributed by atoms with van der Waals surface area (Å²) in [6, 6.07) is 7.33. The number of benzene rings is 1. The Morgan fingerprint density at radius 2 is 2.00 bits per heavy atom. The second kappa shape index (κ2) is 5.73. The van der Waals surface area contributed by atoms with Crippen LogP contribution >= 0.6 is 11.3 Å². The molecule has 0 aliphatic carbocycles. The summed E-state index contributed by atoms with van der Waals surface area (Å²) in [6.07, 6.45) is 1.82. The fourth-order valence-corrected chi connectivity index (χ4v) is 2.67. The maximum absolute atomic E-state index is 12.3. The van der Waals surface area contributed by atoms with Gasteiger partial charge in [0.1, 0.15) is 5.01 Å². The fourth-order valence-electron chi connectivity index (χ4n) is 1.85. The summed E-state index contributed by atoms with van der Waals surface area (Å²) in [4.78, 5) is 17.8. The highest BCUT2D eigenvalue weighted by molar-refractivity contribution is 7.11. The van der Waals surface area contributed by atoms with E-state index in [2.05, 4.69) is 10.3 Å². The van der Waals surface area contributed by atoms with Crippen LogP contribution < -0.4 is 11.1 Å². The van der Waals surface area contributed by atoms with E-state index in [0.717, 1.165) is 15.4 Å². The first-order valence-electron chi connectivity index (χ1n) is 6.47. The first kappa shape index (κ1) is 14.7. The Labute approximate surface area is 123 Å². The number of aryl methyl sites for hydroxylation is 1. The zero-order valence-electron chi connectivity index (χ0n) is 11.9. The zero-order valence-corrected chi connectivity index (χ0v) is 12.8. The van der Waals surface area contributed by atoms with Crippen LogP contribution in [0.25, 0.3) is 0 Å². The van der Waals surface area contributed by atoms with E-state index < -0.39 is 5.54 Å². The lowest BCUT2D eigenvalue weighted by atomic mass is 10.1. The van der Waals surface area contributed by atoms with Crippen LogP contribution in [0.5, 0.6) is 0 Å². The maximum Gasteiger partial charge on any atom is 0.252 e. The Morgan fingerprint density at radius 3 is 2.50 bits per heavy atom. The fraction of sp³-hybridized carbons (Fsp3) is 0.333. The van der Waals surface area contributed by atoms with Crippen molar-refractivity contribution in [1.29, 1.82) is 0 Å². The Hall–Kier alpha value is -1.72. The van der Waals surface area contributed by atoms with E-state index in [1.54, 1.807) is 23.5 Å². The van der Waals surface area contributed by atoms with Gasteiger partial charge in [0, 0.05) is 23.2 Å². The number of nitrogens with two attached hydrogens (primary N) is 1. The molecule has 5 heteroatoms. The molecular formula is C15H19N3OS. The van der Waals surface area contributed by atoms with Gasteiger partial charge in [-0.05, 0) is 38.5 Å². The highest BCUT2D eigenvalue weighted by Gasteiger charge is 2.26. The SMILES string of the molecule is Cc1cnc(C(C)(C)NC(=O)c2ccc(CN)cc2)s1. The van der Waals surface area contributed by atoms with Gasteiger partial charge in [-0.1, -0.05) is 12.1 Å². The summed E-state index contributed by atoms with van der Waals surface area (Å²) >= 11 is 1.60. The summed E-state index contributed by atoms with van der Waals surface area (Å²) in [5.41, 5.74) is 6.70. The molecule has 1 amide bonds. The average molecular weight is 289 g/mol. The molecule has 2 rings (SSSR count). The minimum absolute atomic E-state index is 0.105. The third-order valence-electron chi connectivity index (χ3n) is 3.03. The van der Waals surface area contributed by atoms with Crippen molar-refractivity contribution < 1.29 is 4.79 Å². The lowest BCUT2D eigenvalue weighted by Crippen LogP contribution is -2.40. The van der Waals surface area contributed by atoms with Gasteiger partial charge in [-0.2, -0.15) is 0 Å². The number of hydrogen-bond acceptors (Lipinski definition) is 4. The van der Waals surface area contributed by atoms with Crippen molar-refractivity contribution in [1.82, 2.24) is 10.3 Å². The predicted molar refractivity (Wildman–Crippen MR) is 81.7 cm³/mol. The summed E-state index contributed by atoms with van der Waals surface area (Å²) < 4.78 is 0. The van der Waals surface area contributed by atoms with Crippen LogP contribution in [0.3, 0.4) is 0 Å². The lowest BCUT2D eigenvalue weighted by Gasteiger charge is -2.23. The number of rotatable bonds is 4. The molecule has 0 aliphatic heterocycles. The zero-order chi connectivity index (χ0) is 14.8. The van der Waals surface area contributed by atoms with Gasteiger partial charge >= 0.3 is 0 Å². The van der Waals surface area contributed by atoms with Crippen molar-refractivity contribution in [2.45, 2.75) is 32.9 Å². The Balaban J connectivity index is 2.13. The largest absolute Gasteiger partial charge is 0.341 e. The van der Waals surface area contributed by atoms with Crippen molar-refractivity contribution >= 4 is 17.2 Å². The normalized spacial score (nSPS) is 11.4. The predicted octanol–water partition coefficient (Wildman–Crippen LogP) is 2.58. The molecule has 106 valence electrons. The Kier molecular flexibility index (Phi) is 4.20. The number of hydrogen-bond donors (Lipinski definition) is 2. The van der Waals surface area contributed by atoms with E-state index in [-0.39, 0.29) is 5.91 Å². The van der Waals surface area contributed by atoms with Gasteiger partial charge in [0.15, 0.2) is 0 Å². The van der Waals surface area contributed by atoms with Crippen LogP contribution in [0.15, 0.2) is 30.5 Å². The van der Waals surface area contributed by atoms with Crippen molar-refractivity contribution in [2.75, 3.05) is 0 Å². The second-order valence-electron chi connectivity index (χ2n) is 5.26. The third kappa shape index (κ3) is 3.23. The van der Waals surface area contributed by atoms with Crippen molar-refractivity contribution in [2.24, 2.45) is 5.73 Å². The molecule has 0 saturated carbocycles. The molecule has 1 aromatic carbocycles. The number of carbonyl (C=O) groups is 1. The highest BCUT2D eigenvalue weighted by atomic mass is 32.1. The van der Waals surface area contributed by atoms with Gasteiger partial charge in [0.25, 0.3) is 5.91 Å². The quantitative estimate of drug-likeness (QED) is 0.909. The molecule has 1 aromatic heterocycles. The molecule has 0 bridgehead atoms. The molecule has 4 nitrogen and oxygen atoms in total. The van der Waals surface area contributed by atoms with Crippen molar-refractivity contribution in [3.63, 3.8) is 0 Å². The number of nitrogens with one attached hydrogen (secondary N) is 1. The molecule has 1 heterocycles. The molecule has 0 fully saturated rings. The number of carbonyl (C=O) groups excluding carboxylic acids is 1. The third-order valence-corrected chi connectivity index (χ3v) is 4.27. The standard InChI is InChI=1S/C15H19N3OS/c1-10-9-17-14(20-10)15(2,3)18-13(19)12-6-4-11(8-16)5-7-12/h4-7,9H,8,16H2,1-3H3,(H,18,19). The Morgan fingerprint density at radius 1 is 1.35 bits per heavy atom. The van der Waals surface area contributed by atoms with E-state index in [0.29, 0.717) is 12.1 Å². The molecule has 2 aromatic rings. The molecule has 0 saturated heterocycles. The first-order valence-corrected chi connectivity index (χ1v) is 7.28. The topological polar surface area (TPSA) is 68.0 Å². The van der Waals surface area contributed by atoms with E-state index in [1.807, 2.05) is 39.1 Å². The van der Waals surface area contributed by atoms with Gasteiger partial charge in [-0.25, -0.2) is 4.98 Å². The Bertz CT molecular complexity index is 602. The van der Waals surface area contributed by atoms with Crippen LogP contribution in [0, 0.1) is 6.92 Å². The molecule has 0 unspecified atom stereocenters. The van der Waals surface area contributed by atoms with E-state index in [9.17, 15) is 4.79 Å². The van der Waals surface area contributed by atoms with Crippen LogP contribution in [0.2, 0.25) is 0 Å². The van der Waals surface area contributed by atoms with Gasteiger partial charge in [0.2, 0.25) is 0 Å². The second-order valence-corrected chi connectivity index (χ2v) is 6.49. The van der Waals surface area contributed by atoms with Gasteiger partial charge in [-0.15, -0.1) is 11.3 Å². The van der Waals surface area contributed by atoms with Crippen molar-refractivity contribution in [3.05, 3.63) is 51.5 Å². The molecule has 3 N–H and O–H groups in total. The maximum atomic E-state index is 12.3. The van der Waals surface area contributed by atoms with Crippen molar-refractivity contribution in [3.8, 4) is 0 Å². The van der Waals surface area contributed by atoms with Crippen LogP contribution in [0.4, 0.5) is 0 Å². The van der Waals surface area contributed by atoms with Gasteiger partial charge < -0.3 is 11.1 Å². The minimum Gasteiger partial charge on any atom is -0.341 e. The van der Waals surface area contributed by atoms with Gasteiger partial charge in [-0.3, -0.25) is 4.79 Å². The molecule has 0 radical (unpaired) electrons. The molecule has 0 atom stereocenters. The number of amides is 1. The first-order chi connectivity index (χ1) is 9.42. The lowest BCUT2D eigenvalue weighted by molar-refractivity contribution is 0.0912. The molecule has 20 heavy (non-hydrogen) atoms. The highest BCUT2D eigenvalue weighted by Crippen LogP contribution is 2.25. The van der Waals surface area contributed by atoms with Gasteiger partial charge in [0.05, 0.1) is 5.54 Å². The van der Waals surface area contributed by atoms with E-state index in [4.69, 9.17) is 5.73 Å². The average Bonchev–Trinajstić information content (AvgIpc) is 2.86. The van der Waals surface area contributed by atoms with E-state index in [1.165, 1.54) is 0 Å². The monoisotopic (exact) mass is 289 g/mol. The van der Waals surface area contributed by atoms with E-state index >= 15 is 0 Å². The number of aromatic nitrogens is 1. The number of thiazole rings is 1. The summed E-state index contributed by atoms with van der Waals surface area (Å²) in [5, 5.41) is 3.92. The van der Waals surface area contributed by atoms with Crippen LogP contribution in [-0.4, -0.2) is 10.9 Å². The molecule has 0 aliphatic rings. The summed E-state index contributed by atoms with van der Waals surface area (Å²) in [7, 11) is 0. The number of nitrogens with zero attached hydrogens (tertiary/aromatic N) is 1. The minimum atomic E-state index is -0.484. The molecule has 0 spiro atoms. The summed E-state index contributed by atoms with van der Waals surface area (Å²) in [5.74, 6) is -0.105. The smallest absolute Gasteiger partial charge is 0.252 e. The summed E-state index contributed by atoms with van der Waals surface area (Å²) in [6.45, 7) is 6.39.